The van der Waals surface area contributed by atoms with Gasteiger partial charge in [0.05, 0.1) is 11.4 Å². The van der Waals surface area contributed by atoms with E-state index in [1.807, 2.05) is 23.6 Å². The van der Waals surface area contributed by atoms with Gasteiger partial charge >= 0.3 is 0 Å². The van der Waals surface area contributed by atoms with E-state index >= 15 is 0 Å². The van der Waals surface area contributed by atoms with Crippen LogP contribution in [0.5, 0.6) is 0 Å². The summed E-state index contributed by atoms with van der Waals surface area (Å²) in [5.74, 6) is 1.17. The predicted octanol–water partition coefficient (Wildman–Crippen LogP) is 2.87. The normalized spacial score (nSPS) is 10.6. The molecular formula is C13H11N5S2. The Kier molecular flexibility index (Phi) is 3.89. The van der Waals surface area contributed by atoms with Gasteiger partial charge in [0.2, 0.25) is 0 Å². The first kappa shape index (κ1) is 13.0. The molecule has 0 aliphatic heterocycles. The van der Waals surface area contributed by atoms with Gasteiger partial charge in [-0.1, -0.05) is 17.8 Å². The predicted molar refractivity (Wildman–Crippen MR) is 81.4 cm³/mol. The van der Waals surface area contributed by atoms with Gasteiger partial charge in [0.25, 0.3) is 0 Å². The van der Waals surface area contributed by atoms with E-state index < -0.39 is 0 Å². The van der Waals surface area contributed by atoms with Crippen molar-refractivity contribution >= 4 is 28.9 Å². The number of thiazole rings is 1. The molecule has 7 heteroatoms. The molecule has 0 amide bonds. The second-order valence-corrected chi connectivity index (χ2v) is 5.72. The molecule has 20 heavy (non-hydrogen) atoms. The minimum Gasteiger partial charge on any atom is -0.381 e. The highest BCUT2D eigenvalue weighted by molar-refractivity contribution is 7.98. The van der Waals surface area contributed by atoms with Crippen molar-refractivity contribution in [1.82, 2.24) is 19.9 Å². The Balaban J connectivity index is 1.71. The summed E-state index contributed by atoms with van der Waals surface area (Å²) in [6.07, 6.45) is 4.99. The molecule has 0 aliphatic carbocycles. The summed E-state index contributed by atoms with van der Waals surface area (Å²) in [7, 11) is 0. The summed E-state index contributed by atoms with van der Waals surface area (Å²) in [4.78, 5) is 17.1. The van der Waals surface area contributed by atoms with Crippen molar-refractivity contribution in [2.75, 3.05) is 5.73 Å². The van der Waals surface area contributed by atoms with E-state index in [4.69, 9.17) is 5.73 Å². The fourth-order valence-electron chi connectivity index (χ4n) is 1.57. The molecule has 0 saturated heterocycles. The second kappa shape index (κ2) is 5.98. The van der Waals surface area contributed by atoms with Gasteiger partial charge in [-0.15, -0.1) is 11.3 Å². The van der Waals surface area contributed by atoms with Crippen molar-refractivity contribution in [2.45, 2.75) is 10.8 Å². The molecule has 0 fully saturated rings. The lowest BCUT2D eigenvalue weighted by Crippen LogP contribution is -1.95. The standard InChI is InChI=1S/C13H11N5S2/c14-11-13(17-6-5-16-11)20-8-9-7-19-12(18-9)10-3-1-2-4-15-10/h1-7H,8H2,(H2,14,16). The summed E-state index contributed by atoms with van der Waals surface area (Å²) in [5.41, 5.74) is 7.65. The van der Waals surface area contributed by atoms with E-state index in [2.05, 4.69) is 19.9 Å². The first-order chi connectivity index (χ1) is 9.83. The first-order valence-corrected chi connectivity index (χ1v) is 7.74. The summed E-state index contributed by atoms with van der Waals surface area (Å²) < 4.78 is 0. The van der Waals surface area contributed by atoms with Gasteiger partial charge in [-0.05, 0) is 12.1 Å². The first-order valence-electron chi connectivity index (χ1n) is 5.88. The van der Waals surface area contributed by atoms with E-state index in [9.17, 15) is 0 Å². The topological polar surface area (TPSA) is 77.6 Å². The van der Waals surface area contributed by atoms with Crippen LogP contribution in [0.25, 0.3) is 10.7 Å². The second-order valence-electron chi connectivity index (χ2n) is 3.89. The number of rotatable bonds is 4. The van der Waals surface area contributed by atoms with Crippen LogP contribution in [0.15, 0.2) is 47.2 Å². The van der Waals surface area contributed by atoms with Crippen LogP contribution in [0.1, 0.15) is 5.69 Å². The average molecular weight is 301 g/mol. The van der Waals surface area contributed by atoms with Crippen LogP contribution in [0.3, 0.4) is 0 Å². The lowest BCUT2D eigenvalue weighted by Gasteiger charge is -2.00. The summed E-state index contributed by atoms with van der Waals surface area (Å²) in [6, 6.07) is 5.81. The molecule has 5 nitrogen and oxygen atoms in total. The third kappa shape index (κ3) is 2.94. The minimum absolute atomic E-state index is 0.456. The third-order valence-electron chi connectivity index (χ3n) is 2.48. The molecule has 3 aromatic heterocycles. The monoisotopic (exact) mass is 301 g/mol. The number of thioether (sulfide) groups is 1. The molecule has 0 bridgehead atoms. The maximum atomic E-state index is 5.76. The van der Waals surface area contributed by atoms with Crippen LogP contribution >= 0.6 is 23.1 Å². The lowest BCUT2D eigenvalue weighted by atomic mass is 10.4. The number of anilines is 1. The molecule has 0 unspecified atom stereocenters. The van der Waals surface area contributed by atoms with Crippen molar-refractivity contribution in [3.05, 3.63) is 47.9 Å². The van der Waals surface area contributed by atoms with Crippen LogP contribution in [-0.2, 0) is 5.75 Å². The quantitative estimate of drug-likeness (QED) is 0.747. The van der Waals surface area contributed by atoms with Crippen LogP contribution in [0, 0.1) is 0 Å². The molecule has 2 N–H and O–H groups in total. The number of nitrogen functional groups attached to an aromatic ring is 1. The summed E-state index contributed by atoms with van der Waals surface area (Å²) in [5, 5.41) is 3.69. The Bertz CT molecular complexity index is 699. The lowest BCUT2D eigenvalue weighted by molar-refractivity contribution is 1.07. The Morgan fingerprint density at radius 3 is 2.80 bits per heavy atom. The molecule has 0 spiro atoms. The van der Waals surface area contributed by atoms with E-state index in [0.29, 0.717) is 11.6 Å². The average Bonchev–Trinajstić information content (AvgIpc) is 2.96. The van der Waals surface area contributed by atoms with Crippen molar-refractivity contribution in [3.63, 3.8) is 0 Å². The van der Waals surface area contributed by atoms with Gasteiger partial charge in [0.15, 0.2) is 5.82 Å². The van der Waals surface area contributed by atoms with Crippen LogP contribution in [0.4, 0.5) is 5.82 Å². The third-order valence-corrected chi connectivity index (χ3v) is 4.43. The Labute approximate surface area is 124 Å². The van der Waals surface area contributed by atoms with E-state index in [1.54, 1.807) is 29.9 Å². The van der Waals surface area contributed by atoms with Crippen molar-refractivity contribution < 1.29 is 0 Å². The maximum Gasteiger partial charge on any atom is 0.156 e. The highest BCUT2D eigenvalue weighted by atomic mass is 32.2. The van der Waals surface area contributed by atoms with E-state index in [0.717, 1.165) is 21.4 Å². The van der Waals surface area contributed by atoms with Gasteiger partial charge in [-0.3, -0.25) is 4.98 Å². The van der Waals surface area contributed by atoms with Crippen molar-refractivity contribution in [1.29, 1.82) is 0 Å². The fraction of sp³-hybridized carbons (Fsp3) is 0.0769. The number of hydrogen-bond donors (Lipinski definition) is 1. The minimum atomic E-state index is 0.456. The molecule has 3 rings (SSSR count). The zero-order valence-corrected chi connectivity index (χ0v) is 12.1. The number of hydrogen-bond acceptors (Lipinski definition) is 7. The maximum absolute atomic E-state index is 5.76. The fourth-order valence-corrected chi connectivity index (χ4v) is 3.24. The Hall–Kier alpha value is -1.99. The van der Waals surface area contributed by atoms with E-state index in [-0.39, 0.29) is 0 Å². The molecule has 100 valence electrons. The van der Waals surface area contributed by atoms with Gasteiger partial charge < -0.3 is 5.73 Å². The van der Waals surface area contributed by atoms with Crippen LogP contribution in [-0.4, -0.2) is 19.9 Å². The highest BCUT2D eigenvalue weighted by Gasteiger charge is 2.08. The summed E-state index contributed by atoms with van der Waals surface area (Å²) >= 11 is 3.12. The highest BCUT2D eigenvalue weighted by Crippen LogP contribution is 2.27. The van der Waals surface area contributed by atoms with Gasteiger partial charge in [0.1, 0.15) is 10.0 Å². The SMILES string of the molecule is Nc1nccnc1SCc1csc(-c2ccccn2)n1. The Morgan fingerprint density at radius 2 is 2.00 bits per heavy atom. The van der Waals surface area contributed by atoms with Gasteiger partial charge in [0, 0.05) is 29.7 Å². The summed E-state index contributed by atoms with van der Waals surface area (Å²) in [6.45, 7) is 0. The largest absolute Gasteiger partial charge is 0.381 e. The number of pyridine rings is 1. The molecule has 0 radical (unpaired) electrons. The number of nitrogens with zero attached hydrogens (tertiary/aromatic N) is 4. The van der Waals surface area contributed by atoms with Gasteiger partial charge in [-0.2, -0.15) is 0 Å². The molecule has 0 atom stereocenters. The number of aromatic nitrogens is 4. The molecule has 0 aliphatic rings. The molecular weight excluding hydrogens is 290 g/mol. The zero-order chi connectivity index (χ0) is 13.8. The molecule has 0 aromatic carbocycles. The molecule has 3 heterocycles. The van der Waals surface area contributed by atoms with E-state index in [1.165, 1.54) is 11.8 Å². The van der Waals surface area contributed by atoms with Crippen molar-refractivity contribution in [2.24, 2.45) is 0 Å². The zero-order valence-electron chi connectivity index (χ0n) is 10.4. The number of nitrogens with two attached hydrogens (primary N) is 1. The molecule has 0 saturated carbocycles. The smallest absolute Gasteiger partial charge is 0.156 e. The molecule has 3 aromatic rings. The van der Waals surface area contributed by atoms with Crippen LogP contribution in [0.2, 0.25) is 0 Å². The van der Waals surface area contributed by atoms with Crippen molar-refractivity contribution in [3.8, 4) is 10.7 Å². The van der Waals surface area contributed by atoms with Gasteiger partial charge in [-0.25, -0.2) is 15.0 Å². The Morgan fingerprint density at radius 1 is 1.10 bits per heavy atom. The van der Waals surface area contributed by atoms with Crippen LogP contribution < -0.4 is 5.73 Å².